The summed E-state index contributed by atoms with van der Waals surface area (Å²) in [5.41, 5.74) is 2.02. The van der Waals surface area contributed by atoms with Gasteiger partial charge in [0.2, 0.25) is 4.96 Å². The van der Waals surface area contributed by atoms with Crippen LogP contribution in [-0.4, -0.2) is 21.7 Å². The second-order valence-electron chi connectivity index (χ2n) is 5.86. The number of fused-ring (bicyclic) bond motifs is 1. The molecule has 4 nitrogen and oxygen atoms in total. The van der Waals surface area contributed by atoms with Crippen molar-refractivity contribution in [2.75, 3.05) is 7.11 Å². The molecule has 0 spiro atoms. The molecule has 22 heavy (non-hydrogen) atoms. The first-order chi connectivity index (χ1) is 10.8. The minimum atomic E-state index is 0.640. The van der Waals surface area contributed by atoms with Crippen LogP contribution in [0.4, 0.5) is 0 Å². The summed E-state index contributed by atoms with van der Waals surface area (Å²) in [5.74, 6) is 1.49. The van der Waals surface area contributed by atoms with Gasteiger partial charge in [-0.2, -0.15) is 5.10 Å². The van der Waals surface area contributed by atoms with E-state index < -0.39 is 0 Å². The molecule has 0 saturated heterocycles. The maximum absolute atomic E-state index is 5.28. The molecular weight excluding hydrogens is 294 g/mol. The van der Waals surface area contributed by atoms with Gasteiger partial charge in [0, 0.05) is 11.5 Å². The average molecular weight is 313 g/mol. The van der Waals surface area contributed by atoms with Crippen LogP contribution in [0.5, 0.6) is 5.75 Å². The van der Waals surface area contributed by atoms with Crippen LogP contribution < -0.4 is 4.74 Å². The molecule has 1 saturated carbocycles. The van der Waals surface area contributed by atoms with Crippen LogP contribution >= 0.6 is 11.3 Å². The molecule has 0 atom stereocenters. The number of nitrogens with zero attached hydrogens (tertiary/aromatic N) is 3. The quantitative estimate of drug-likeness (QED) is 0.714. The predicted octanol–water partition coefficient (Wildman–Crippen LogP) is 4.51. The summed E-state index contributed by atoms with van der Waals surface area (Å²) in [6, 6.07) is 8.00. The highest BCUT2D eigenvalue weighted by Gasteiger charge is 2.20. The van der Waals surface area contributed by atoms with Crippen molar-refractivity contribution in [2.24, 2.45) is 0 Å². The molecule has 1 aliphatic rings. The normalized spacial score (nSPS) is 16.2. The lowest BCUT2D eigenvalue weighted by Crippen LogP contribution is -2.04. The SMILES string of the molecule is COc1cccc(-c2cn3nc(C4CCCCC4)sc3n2)c1. The number of ether oxygens (including phenoxy) is 1. The van der Waals surface area contributed by atoms with E-state index in [1.807, 2.05) is 28.9 Å². The van der Waals surface area contributed by atoms with Crippen LogP contribution in [0.2, 0.25) is 0 Å². The van der Waals surface area contributed by atoms with Gasteiger partial charge in [-0.15, -0.1) is 0 Å². The van der Waals surface area contributed by atoms with Crippen LogP contribution in [-0.2, 0) is 0 Å². The molecule has 114 valence electrons. The van der Waals surface area contributed by atoms with Crippen LogP contribution in [0.1, 0.15) is 43.0 Å². The minimum absolute atomic E-state index is 0.640. The zero-order chi connectivity index (χ0) is 14.9. The van der Waals surface area contributed by atoms with Crippen molar-refractivity contribution in [1.29, 1.82) is 0 Å². The van der Waals surface area contributed by atoms with Gasteiger partial charge in [0.15, 0.2) is 0 Å². The van der Waals surface area contributed by atoms with E-state index in [1.165, 1.54) is 37.1 Å². The van der Waals surface area contributed by atoms with Crippen LogP contribution in [0.15, 0.2) is 30.5 Å². The number of methoxy groups -OCH3 is 1. The van der Waals surface area contributed by atoms with E-state index in [9.17, 15) is 0 Å². The fourth-order valence-electron chi connectivity index (χ4n) is 3.15. The fourth-order valence-corrected chi connectivity index (χ4v) is 4.20. The Morgan fingerprint density at radius 1 is 1.23 bits per heavy atom. The molecule has 0 aliphatic heterocycles. The Balaban J connectivity index is 1.65. The Labute approximate surface area is 133 Å². The van der Waals surface area contributed by atoms with Crippen molar-refractivity contribution in [3.8, 4) is 17.0 Å². The molecule has 1 aliphatic carbocycles. The summed E-state index contributed by atoms with van der Waals surface area (Å²) in [4.78, 5) is 5.72. The van der Waals surface area contributed by atoms with Crippen molar-refractivity contribution in [3.63, 3.8) is 0 Å². The molecular formula is C17H19N3OS. The van der Waals surface area contributed by atoms with Gasteiger partial charge in [-0.3, -0.25) is 0 Å². The van der Waals surface area contributed by atoms with E-state index in [-0.39, 0.29) is 0 Å². The second kappa shape index (κ2) is 5.72. The maximum Gasteiger partial charge on any atom is 0.212 e. The van der Waals surface area contributed by atoms with Crippen molar-refractivity contribution < 1.29 is 4.74 Å². The van der Waals surface area contributed by atoms with Gasteiger partial charge < -0.3 is 4.74 Å². The largest absolute Gasteiger partial charge is 0.497 e. The van der Waals surface area contributed by atoms with Gasteiger partial charge in [-0.1, -0.05) is 42.7 Å². The molecule has 0 N–H and O–H groups in total. The summed E-state index contributed by atoms with van der Waals surface area (Å²) >= 11 is 1.74. The standard InChI is InChI=1S/C17H19N3OS/c1-21-14-9-5-8-13(10-14)15-11-20-17(18-15)22-16(19-20)12-6-3-2-4-7-12/h5,8-12H,2-4,6-7H2,1H3. The number of imidazole rings is 1. The number of benzene rings is 1. The van der Waals surface area contributed by atoms with E-state index in [0.717, 1.165) is 22.0 Å². The Bertz CT molecular complexity index is 755. The number of hydrogen-bond donors (Lipinski definition) is 0. The number of aromatic nitrogens is 3. The van der Waals surface area contributed by atoms with E-state index in [0.29, 0.717) is 5.92 Å². The molecule has 1 aromatic carbocycles. The smallest absolute Gasteiger partial charge is 0.212 e. The summed E-state index contributed by atoms with van der Waals surface area (Å²) in [6.07, 6.45) is 8.62. The molecule has 1 fully saturated rings. The summed E-state index contributed by atoms with van der Waals surface area (Å²) < 4.78 is 7.22. The predicted molar refractivity (Wildman–Crippen MR) is 88.7 cm³/mol. The van der Waals surface area contributed by atoms with E-state index >= 15 is 0 Å². The summed E-state index contributed by atoms with van der Waals surface area (Å²) in [6.45, 7) is 0. The highest BCUT2D eigenvalue weighted by atomic mass is 32.1. The third-order valence-corrected chi connectivity index (χ3v) is 5.46. The summed E-state index contributed by atoms with van der Waals surface area (Å²) in [7, 11) is 1.68. The van der Waals surface area contributed by atoms with E-state index in [4.69, 9.17) is 14.8 Å². The Morgan fingerprint density at radius 3 is 2.86 bits per heavy atom. The molecule has 0 amide bonds. The Kier molecular flexibility index (Phi) is 3.58. The molecule has 5 heteroatoms. The van der Waals surface area contributed by atoms with Gasteiger partial charge in [-0.05, 0) is 25.0 Å². The number of rotatable bonds is 3. The van der Waals surface area contributed by atoms with Gasteiger partial charge in [0.05, 0.1) is 19.0 Å². The first-order valence-electron chi connectivity index (χ1n) is 7.84. The maximum atomic E-state index is 5.28. The van der Waals surface area contributed by atoms with Crippen molar-refractivity contribution in [2.45, 2.75) is 38.0 Å². The van der Waals surface area contributed by atoms with E-state index in [1.54, 1.807) is 18.4 Å². The zero-order valence-corrected chi connectivity index (χ0v) is 13.5. The van der Waals surface area contributed by atoms with Gasteiger partial charge in [0.25, 0.3) is 0 Å². The van der Waals surface area contributed by atoms with Crippen LogP contribution in [0.3, 0.4) is 0 Å². The molecule has 3 aromatic rings. The molecule has 2 aromatic heterocycles. The molecule has 2 heterocycles. The molecule has 0 radical (unpaired) electrons. The average Bonchev–Trinajstić information content (AvgIpc) is 3.14. The topological polar surface area (TPSA) is 39.4 Å². The monoisotopic (exact) mass is 313 g/mol. The Hall–Kier alpha value is -1.88. The first-order valence-corrected chi connectivity index (χ1v) is 8.65. The van der Waals surface area contributed by atoms with Crippen LogP contribution in [0, 0.1) is 0 Å². The lowest BCUT2D eigenvalue weighted by Gasteiger charge is -2.18. The highest BCUT2D eigenvalue weighted by Crippen LogP contribution is 2.35. The molecule has 0 unspecified atom stereocenters. The van der Waals surface area contributed by atoms with Crippen molar-refractivity contribution in [3.05, 3.63) is 35.5 Å². The molecule has 4 rings (SSSR count). The third-order valence-electron chi connectivity index (χ3n) is 4.38. The van der Waals surface area contributed by atoms with Crippen molar-refractivity contribution >= 4 is 16.3 Å². The summed E-state index contributed by atoms with van der Waals surface area (Å²) in [5, 5.41) is 6.02. The molecule has 0 bridgehead atoms. The zero-order valence-electron chi connectivity index (χ0n) is 12.7. The van der Waals surface area contributed by atoms with Gasteiger partial charge in [0.1, 0.15) is 10.8 Å². The van der Waals surface area contributed by atoms with Crippen LogP contribution in [0.25, 0.3) is 16.2 Å². The van der Waals surface area contributed by atoms with Gasteiger partial charge >= 0.3 is 0 Å². The lowest BCUT2D eigenvalue weighted by molar-refractivity contribution is 0.415. The van der Waals surface area contributed by atoms with Crippen molar-refractivity contribution in [1.82, 2.24) is 14.6 Å². The Morgan fingerprint density at radius 2 is 2.09 bits per heavy atom. The minimum Gasteiger partial charge on any atom is -0.497 e. The first kappa shape index (κ1) is 13.8. The fraction of sp³-hybridized carbons (Fsp3) is 0.412. The second-order valence-corrected chi connectivity index (χ2v) is 6.85. The van der Waals surface area contributed by atoms with Gasteiger partial charge in [-0.25, -0.2) is 9.50 Å². The third kappa shape index (κ3) is 2.50. The lowest BCUT2D eigenvalue weighted by atomic mass is 9.90. The van der Waals surface area contributed by atoms with E-state index in [2.05, 4.69) is 6.07 Å². The highest BCUT2D eigenvalue weighted by molar-refractivity contribution is 7.16. The number of hydrogen-bond acceptors (Lipinski definition) is 4.